The van der Waals surface area contributed by atoms with E-state index in [-0.39, 0.29) is 12.1 Å². The number of hydrogen-bond acceptors (Lipinski definition) is 5. The van der Waals surface area contributed by atoms with Crippen LogP contribution in [0.3, 0.4) is 0 Å². The molecule has 0 atom stereocenters. The predicted octanol–water partition coefficient (Wildman–Crippen LogP) is 1.79. The third-order valence-corrected chi connectivity index (χ3v) is 3.43. The van der Waals surface area contributed by atoms with Crippen LogP contribution in [0, 0.1) is 5.92 Å². The van der Waals surface area contributed by atoms with E-state index >= 15 is 0 Å². The van der Waals surface area contributed by atoms with Crippen molar-refractivity contribution in [3.8, 4) is 0 Å². The average molecular weight is 300 g/mol. The fourth-order valence-corrected chi connectivity index (χ4v) is 2.24. The van der Waals surface area contributed by atoms with Crippen molar-refractivity contribution in [1.82, 2.24) is 10.2 Å². The molecule has 0 aromatic rings. The van der Waals surface area contributed by atoms with Gasteiger partial charge in [0.2, 0.25) is 0 Å². The Morgan fingerprint density at radius 1 is 1.24 bits per heavy atom. The van der Waals surface area contributed by atoms with E-state index in [0.717, 1.165) is 32.5 Å². The highest BCUT2D eigenvalue weighted by molar-refractivity contribution is 5.69. The summed E-state index contributed by atoms with van der Waals surface area (Å²) < 4.78 is 9.96. The molecule has 1 heterocycles. The van der Waals surface area contributed by atoms with Gasteiger partial charge in [0.1, 0.15) is 5.60 Å². The number of methoxy groups -OCH3 is 1. The van der Waals surface area contributed by atoms with Crippen molar-refractivity contribution in [2.75, 3.05) is 33.3 Å². The molecule has 0 saturated carbocycles. The Bertz CT molecular complexity index is 344. The van der Waals surface area contributed by atoms with Crippen LogP contribution in [-0.2, 0) is 14.3 Å². The summed E-state index contributed by atoms with van der Waals surface area (Å²) >= 11 is 0. The molecule has 1 N–H and O–H groups in total. The van der Waals surface area contributed by atoms with Crippen molar-refractivity contribution in [2.45, 2.75) is 45.6 Å². The zero-order valence-corrected chi connectivity index (χ0v) is 13.6. The number of carbonyl (C=O) groups excluding carboxylic acids is 2. The van der Waals surface area contributed by atoms with Crippen molar-refractivity contribution in [1.29, 1.82) is 0 Å². The molecule has 1 aliphatic heterocycles. The van der Waals surface area contributed by atoms with Crippen LogP contribution in [-0.4, -0.2) is 55.9 Å². The monoisotopic (exact) mass is 300 g/mol. The minimum Gasteiger partial charge on any atom is -0.469 e. The molecule has 6 heteroatoms. The van der Waals surface area contributed by atoms with E-state index in [4.69, 9.17) is 4.74 Å². The van der Waals surface area contributed by atoms with Crippen molar-refractivity contribution in [2.24, 2.45) is 5.92 Å². The van der Waals surface area contributed by atoms with Crippen LogP contribution >= 0.6 is 0 Å². The second-order valence-electron chi connectivity index (χ2n) is 6.44. The lowest BCUT2D eigenvalue weighted by Crippen LogP contribution is -2.43. The van der Waals surface area contributed by atoms with E-state index in [1.807, 2.05) is 20.8 Å². The van der Waals surface area contributed by atoms with Crippen molar-refractivity contribution >= 4 is 12.1 Å². The highest BCUT2D eigenvalue weighted by atomic mass is 16.6. The van der Waals surface area contributed by atoms with Gasteiger partial charge in [-0.25, -0.2) is 4.79 Å². The zero-order chi connectivity index (χ0) is 15.9. The second-order valence-corrected chi connectivity index (χ2v) is 6.44. The zero-order valence-electron chi connectivity index (χ0n) is 13.6. The SMILES string of the molecule is COC(=O)CCNCC1CCN(C(=O)OC(C)(C)C)CC1. The molecule has 1 amide bonds. The summed E-state index contributed by atoms with van der Waals surface area (Å²) in [6.45, 7) is 8.61. The van der Waals surface area contributed by atoms with Crippen LogP contribution < -0.4 is 5.32 Å². The number of piperidine rings is 1. The standard InChI is InChI=1S/C15H28N2O4/c1-15(2,3)21-14(19)17-9-6-12(7-10-17)11-16-8-5-13(18)20-4/h12,16H,5-11H2,1-4H3. The van der Waals surface area contributed by atoms with Gasteiger partial charge in [-0.15, -0.1) is 0 Å². The number of nitrogens with one attached hydrogen (secondary N) is 1. The third-order valence-electron chi connectivity index (χ3n) is 3.43. The first-order valence-electron chi connectivity index (χ1n) is 7.57. The summed E-state index contributed by atoms with van der Waals surface area (Å²) in [6.07, 6.45) is 2.10. The van der Waals surface area contributed by atoms with E-state index in [1.54, 1.807) is 4.90 Å². The number of nitrogens with zero attached hydrogens (tertiary/aromatic N) is 1. The van der Waals surface area contributed by atoms with Crippen molar-refractivity contribution in [3.05, 3.63) is 0 Å². The number of rotatable bonds is 5. The van der Waals surface area contributed by atoms with E-state index in [2.05, 4.69) is 10.1 Å². The van der Waals surface area contributed by atoms with Crippen LogP contribution in [0.15, 0.2) is 0 Å². The van der Waals surface area contributed by atoms with Crippen LogP contribution in [0.4, 0.5) is 4.79 Å². The topological polar surface area (TPSA) is 67.9 Å². The highest BCUT2D eigenvalue weighted by Gasteiger charge is 2.26. The lowest BCUT2D eigenvalue weighted by molar-refractivity contribution is -0.140. The summed E-state index contributed by atoms with van der Waals surface area (Å²) in [6, 6.07) is 0. The Morgan fingerprint density at radius 3 is 2.38 bits per heavy atom. The molecule has 0 aromatic carbocycles. The Balaban J connectivity index is 2.17. The maximum absolute atomic E-state index is 11.9. The molecule has 1 rings (SSSR count). The molecule has 6 nitrogen and oxygen atoms in total. The first kappa shape index (κ1) is 17.8. The van der Waals surface area contributed by atoms with Crippen LogP contribution in [0.1, 0.15) is 40.0 Å². The first-order chi connectivity index (χ1) is 9.81. The van der Waals surface area contributed by atoms with E-state index < -0.39 is 5.60 Å². The van der Waals surface area contributed by atoms with Gasteiger partial charge in [0, 0.05) is 19.6 Å². The van der Waals surface area contributed by atoms with Crippen LogP contribution in [0.25, 0.3) is 0 Å². The first-order valence-corrected chi connectivity index (χ1v) is 7.57. The molecule has 1 aliphatic rings. The second kappa shape index (κ2) is 8.22. The van der Waals surface area contributed by atoms with Gasteiger partial charge in [-0.2, -0.15) is 0 Å². The largest absolute Gasteiger partial charge is 0.469 e. The van der Waals surface area contributed by atoms with E-state index in [9.17, 15) is 9.59 Å². The number of carbonyl (C=O) groups is 2. The number of ether oxygens (including phenoxy) is 2. The third kappa shape index (κ3) is 7.32. The van der Waals surface area contributed by atoms with Gasteiger partial charge in [0.25, 0.3) is 0 Å². The minimum atomic E-state index is -0.441. The Hall–Kier alpha value is -1.30. The molecule has 0 unspecified atom stereocenters. The van der Waals surface area contributed by atoms with Gasteiger partial charge >= 0.3 is 12.1 Å². The quantitative estimate of drug-likeness (QED) is 0.619. The van der Waals surface area contributed by atoms with E-state index in [0.29, 0.717) is 18.9 Å². The van der Waals surface area contributed by atoms with Crippen molar-refractivity contribution in [3.63, 3.8) is 0 Å². The van der Waals surface area contributed by atoms with Gasteiger partial charge < -0.3 is 19.7 Å². The van der Waals surface area contributed by atoms with E-state index in [1.165, 1.54) is 7.11 Å². The molecule has 21 heavy (non-hydrogen) atoms. The molecule has 1 fully saturated rings. The summed E-state index contributed by atoms with van der Waals surface area (Å²) in [5.41, 5.74) is -0.441. The average Bonchev–Trinajstić information content (AvgIpc) is 2.42. The Labute approximate surface area is 127 Å². The lowest BCUT2D eigenvalue weighted by atomic mass is 9.97. The molecule has 0 aromatic heterocycles. The predicted molar refractivity (Wildman–Crippen MR) is 80.0 cm³/mol. The fraction of sp³-hybridized carbons (Fsp3) is 0.867. The van der Waals surface area contributed by atoms with Crippen LogP contribution in [0.2, 0.25) is 0 Å². The summed E-state index contributed by atoms with van der Waals surface area (Å²) in [5, 5.41) is 3.27. The number of likely N-dealkylation sites (tertiary alicyclic amines) is 1. The molecular weight excluding hydrogens is 272 g/mol. The minimum absolute atomic E-state index is 0.192. The van der Waals surface area contributed by atoms with Gasteiger partial charge in [-0.1, -0.05) is 0 Å². The summed E-state index contributed by atoms with van der Waals surface area (Å²) in [4.78, 5) is 24.7. The molecule has 122 valence electrons. The summed E-state index contributed by atoms with van der Waals surface area (Å²) in [7, 11) is 1.40. The molecule has 1 saturated heterocycles. The van der Waals surface area contributed by atoms with Crippen LogP contribution in [0.5, 0.6) is 0 Å². The maximum Gasteiger partial charge on any atom is 0.410 e. The fourth-order valence-electron chi connectivity index (χ4n) is 2.24. The normalized spacial score (nSPS) is 16.7. The molecular formula is C15H28N2O4. The summed E-state index contributed by atoms with van der Waals surface area (Å²) in [5.74, 6) is 0.351. The van der Waals surface area contributed by atoms with Crippen molar-refractivity contribution < 1.29 is 19.1 Å². The number of esters is 1. The number of hydrogen-bond donors (Lipinski definition) is 1. The molecule has 0 aliphatic carbocycles. The smallest absolute Gasteiger partial charge is 0.410 e. The van der Waals surface area contributed by atoms with Gasteiger partial charge in [0.15, 0.2) is 0 Å². The highest BCUT2D eigenvalue weighted by Crippen LogP contribution is 2.19. The molecule has 0 bridgehead atoms. The van der Waals surface area contributed by atoms with Gasteiger partial charge in [0.05, 0.1) is 13.5 Å². The van der Waals surface area contributed by atoms with Gasteiger partial charge in [-0.3, -0.25) is 4.79 Å². The molecule has 0 radical (unpaired) electrons. The lowest BCUT2D eigenvalue weighted by Gasteiger charge is -2.33. The maximum atomic E-state index is 11.9. The number of amides is 1. The molecule has 0 spiro atoms. The Morgan fingerprint density at radius 2 is 1.86 bits per heavy atom. The van der Waals surface area contributed by atoms with Gasteiger partial charge in [-0.05, 0) is 46.1 Å². The Kier molecular flexibility index (Phi) is 6.95.